The van der Waals surface area contributed by atoms with E-state index in [9.17, 15) is 0 Å². The van der Waals surface area contributed by atoms with E-state index in [1.54, 1.807) is 0 Å². The van der Waals surface area contributed by atoms with E-state index in [0.29, 0.717) is 5.95 Å². The van der Waals surface area contributed by atoms with Gasteiger partial charge < -0.3 is 13.8 Å². The van der Waals surface area contributed by atoms with Gasteiger partial charge in [-0.2, -0.15) is 0 Å². The fourth-order valence-corrected chi connectivity index (χ4v) is 15.9. The third kappa shape index (κ3) is 8.30. The summed E-state index contributed by atoms with van der Waals surface area (Å²) in [5, 5.41) is 17.6. The van der Waals surface area contributed by atoms with Gasteiger partial charge in [0.15, 0.2) is 0 Å². The Morgan fingerprint density at radius 1 is 0.247 bits per heavy atom. The molecule has 1 N–H and O–H groups in total. The van der Waals surface area contributed by atoms with Gasteiger partial charge >= 0.3 is 0 Å². The summed E-state index contributed by atoms with van der Waals surface area (Å²) >= 11 is 6.21. The van der Waals surface area contributed by atoms with E-state index in [1.165, 1.54) is 109 Å². The number of H-pyrrole nitrogens is 1. The molecule has 0 aliphatic heterocycles. The van der Waals surface area contributed by atoms with Crippen LogP contribution < -0.4 is 0 Å². The van der Waals surface area contributed by atoms with Crippen molar-refractivity contribution in [2.45, 2.75) is 0 Å². The first kappa shape index (κ1) is 54.8. The van der Waals surface area contributed by atoms with Crippen LogP contribution in [0.4, 0.5) is 0 Å². The monoisotopic (exact) mass is 1260 g/mol. The number of fused-ring (bicyclic) bond motifs is 12. The highest BCUT2D eigenvalue weighted by Crippen LogP contribution is 2.46. The number of benzene rings is 14. The Bertz CT molecular complexity index is 6870. The normalized spacial score (nSPS) is 12.0. The Labute approximate surface area is 559 Å². The minimum absolute atomic E-state index is 0.264. The molecule has 8 aromatic heterocycles. The van der Waals surface area contributed by atoms with E-state index in [4.69, 9.17) is 21.6 Å². The summed E-state index contributed by atoms with van der Waals surface area (Å²) < 4.78 is 7.20. The second kappa shape index (κ2) is 21.7. The van der Waals surface area contributed by atoms with E-state index in [0.717, 1.165) is 77.6 Å². The van der Waals surface area contributed by atoms with Crippen LogP contribution in [0.15, 0.2) is 315 Å². The fraction of sp³-hybridized carbons (Fsp3) is 0. The molecule has 0 saturated carbocycles. The minimum atomic E-state index is 0.264. The van der Waals surface area contributed by atoms with Crippen LogP contribution in [0.5, 0.6) is 0 Å². The Morgan fingerprint density at radius 2 is 0.608 bits per heavy atom. The summed E-state index contributed by atoms with van der Waals surface area (Å²) in [6, 6.07) is 111. The molecule has 0 spiro atoms. The number of hydrogen-bond donors (Lipinski definition) is 1. The maximum atomic E-state index is 6.21. The first-order valence-corrected chi connectivity index (χ1v) is 33.1. The van der Waals surface area contributed by atoms with Gasteiger partial charge in [0.25, 0.3) is 0 Å². The predicted molar refractivity (Wildman–Crippen MR) is 405 cm³/mol. The maximum absolute atomic E-state index is 6.21. The third-order valence-corrected chi connectivity index (χ3v) is 19.9. The molecule has 22 rings (SSSR count). The van der Waals surface area contributed by atoms with Gasteiger partial charge in [0.05, 0.1) is 66.6 Å². The smallest absolute Gasteiger partial charge is 0.235 e. The first-order chi connectivity index (χ1) is 48.1. The molecule has 0 atom stereocenters. The highest BCUT2D eigenvalue weighted by atomic mass is 35.5. The molecule has 8 nitrogen and oxygen atoms in total. The van der Waals surface area contributed by atoms with Crippen LogP contribution in [0.25, 0.3) is 192 Å². The molecule has 0 saturated heterocycles. The number of hydrogen-bond acceptors (Lipinski definition) is 4. The second-order valence-corrected chi connectivity index (χ2v) is 25.3. The van der Waals surface area contributed by atoms with Crippen molar-refractivity contribution in [3.05, 3.63) is 321 Å². The van der Waals surface area contributed by atoms with Crippen LogP contribution in [0.3, 0.4) is 0 Å². The lowest BCUT2D eigenvalue weighted by Gasteiger charge is -2.14. The quantitative estimate of drug-likeness (QED) is 0.174. The summed E-state index contributed by atoms with van der Waals surface area (Å²) in [5.74, 6) is 0.662. The zero-order chi connectivity index (χ0) is 63.8. The zero-order valence-electron chi connectivity index (χ0n) is 52.0. The van der Waals surface area contributed by atoms with Crippen LogP contribution in [0, 0.1) is 0 Å². The lowest BCUT2D eigenvalue weighted by Crippen LogP contribution is -2.04. The van der Waals surface area contributed by atoms with Gasteiger partial charge in [0, 0.05) is 97.9 Å². The topological polar surface area (TPSA) is 81.1 Å². The van der Waals surface area contributed by atoms with E-state index in [-0.39, 0.29) is 5.28 Å². The first-order valence-electron chi connectivity index (χ1n) is 32.7. The standard InChI is InChI=1S/C44H26N4.C24H14N2.C20H13ClN2/c1-3-13-27(14-4-1)29-18-9-22-34-41(28-15-5-2-6-16-28)45-44(46-42(29)34)48-36-24-11-19-31-33-21-10-20-32-30-17-7-8-23-35(30)47(43(32)33)37-25-12-26-38(48)40(37)39(31)36;1-2-12-20-14(6-1)16-8-3-9-17-15-7-4-10-18-22(15)23-19(25-18)11-5-13-21(23)26(20)24(16)17;21-20-22-18(15-10-5-2-6-11-15)17-13-7-12-16(19(17)23-20)14-8-3-1-4-9-14/h1-26H;1-13,25H;1-13H. The number of nitrogens with one attached hydrogen (secondary N) is 1. The third-order valence-electron chi connectivity index (χ3n) is 19.8. The Kier molecular flexibility index (Phi) is 12.2. The van der Waals surface area contributed by atoms with Crippen molar-refractivity contribution in [2.75, 3.05) is 0 Å². The molecule has 0 unspecified atom stereocenters. The van der Waals surface area contributed by atoms with Crippen LogP contribution in [0.2, 0.25) is 5.28 Å². The van der Waals surface area contributed by atoms with Crippen molar-refractivity contribution in [1.29, 1.82) is 0 Å². The average Bonchev–Trinajstić information content (AvgIpc) is 1.54. The highest BCUT2D eigenvalue weighted by molar-refractivity contribution is 6.33. The minimum Gasteiger partial charge on any atom is -0.354 e. The number of nitrogens with zero attached hydrogens (tertiary/aromatic N) is 7. The average molecular weight is 1260 g/mol. The highest BCUT2D eigenvalue weighted by Gasteiger charge is 2.25. The van der Waals surface area contributed by atoms with Gasteiger partial charge in [-0.1, -0.05) is 267 Å². The molecule has 0 bridgehead atoms. The summed E-state index contributed by atoms with van der Waals surface area (Å²) in [6.45, 7) is 0. The number of para-hydroxylation sites is 6. The summed E-state index contributed by atoms with van der Waals surface area (Å²) in [6.07, 6.45) is 0. The van der Waals surface area contributed by atoms with E-state index in [2.05, 4.69) is 283 Å². The second-order valence-electron chi connectivity index (χ2n) is 24.9. The molecular formula is C88H53ClN8. The molecule has 0 amide bonds. The van der Waals surface area contributed by atoms with E-state index < -0.39 is 0 Å². The maximum Gasteiger partial charge on any atom is 0.235 e. The van der Waals surface area contributed by atoms with Gasteiger partial charge in [-0.25, -0.2) is 19.9 Å². The number of aromatic amines is 1. The predicted octanol–water partition coefficient (Wildman–Crippen LogP) is 23.3. The van der Waals surface area contributed by atoms with Crippen LogP contribution in [0.1, 0.15) is 0 Å². The van der Waals surface area contributed by atoms with Crippen LogP contribution in [-0.4, -0.2) is 38.3 Å². The van der Waals surface area contributed by atoms with Crippen molar-refractivity contribution >= 4 is 153 Å². The molecule has 14 aromatic carbocycles. The molecule has 97 heavy (non-hydrogen) atoms. The lowest BCUT2D eigenvalue weighted by molar-refractivity contribution is 1.01. The van der Waals surface area contributed by atoms with Gasteiger partial charge in [-0.05, 0) is 82.0 Å². The molecule has 452 valence electrons. The Balaban J connectivity index is 0.000000110. The largest absolute Gasteiger partial charge is 0.354 e. The van der Waals surface area contributed by atoms with Crippen molar-refractivity contribution < 1.29 is 0 Å². The fourth-order valence-electron chi connectivity index (χ4n) is 15.8. The van der Waals surface area contributed by atoms with Crippen molar-refractivity contribution in [3.8, 4) is 50.7 Å². The summed E-state index contributed by atoms with van der Waals surface area (Å²) in [7, 11) is 0. The molecule has 9 heteroatoms. The van der Waals surface area contributed by atoms with Crippen molar-refractivity contribution in [3.63, 3.8) is 0 Å². The Hall–Kier alpha value is -12.8. The van der Waals surface area contributed by atoms with Crippen molar-refractivity contribution in [2.24, 2.45) is 0 Å². The molecule has 0 fully saturated rings. The van der Waals surface area contributed by atoms with Gasteiger partial charge in [0.1, 0.15) is 0 Å². The van der Waals surface area contributed by atoms with Crippen LogP contribution >= 0.6 is 11.6 Å². The lowest BCUT2D eigenvalue weighted by atomic mass is 9.99. The summed E-state index contributed by atoms with van der Waals surface area (Å²) in [4.78, 5) is 23.4. The van der Waals surface area contributed by atoms with E-state index in [1.807, 2.05) is 60.7 Å². The molecular weight excluding hydrogens is 1200 g/mol. The van der Waals surface area contributed by atoms with Gasteiger partial charge in [0.2, 0.25) is 11.2 Å². The van der Waals surface area contributed by atoms with E-state index >= 15 is 0 Å². The Morgan fingerprint density at radius 3 is 1.18 bits per heavy atom. The number of aromatic nitrogens is 8. The molecule has 0 aliphatic rings. The van der Waals surface area contributed by atoms with Crippen LogP contribution in [-0.2, 0) is 0 Å². The zero-order valence-corrected chi connectivity index (χ0v) is 52.8. The molecule has 0 aliphatic carbocycles. The van der Waals surface area contributed by atoms with Crippen molar-refractivity contribution in [1.82, 2.24) is 38.3 Å². The molecule has 22 aromatic rings. The van der Waals surface area contributed by atoms with Gasteiger partial charge in [-0.15, -0.1) is 0 Å². The SMILES string of the molecule is Clc1nc(-c2ccccc2)c2cccc(-c3ccccc3)c2n1.c1cc2[nH]c3cccc4c3c2c(c1)c1cccc2c3ccccc3n4c12.c1ccc(-c2nc(-n3c4cccc5c6cccc7c8ccccc8n(c8cccc3c8c54)c67)nc3c(-c4ccccc4)cccc23)cc1. The summed E-state index contributed by atoms with van der Waals surface area (Å²) in [5.41, 5.74) is 22.2. The molecule has 0 radical (unpaired) electrons. The molecule has 8 heterocycles. The van der Waals surface area contributed by atoms with Gasteiger partial charge in [-0.3, -0.25) is 4.57 Å². The number of rotatable bonds is 5. The number of halogens is 1.